The van der Waals surface area contributed by atoms with E-state index < -0.39 is 0 Å². The van der Waals surface area contributed by atoms with Crippen molar-refractivity contribution in [1.82, 2.24) is 5.32 Å². The highest BCUT2D eigenvalue weighted by molar-refractivity contribution is 5.92. The highest BCUT2D eigenvalue weighted by Crippen LogP contribution is 2.06. The molecule has 0 heterocycles. The van der Waals surface area contributed by atoms with E-state index in [0.29, 0.717) is 6.54 Å². The molecule has 76 valence electrons. The summed E-state index contributed by atoms with van der Waals surface area (Å²) in [5.41, 5.74) is 0.848. The van der Waals surface area contributed by atoms with Crippen LogP contribution in [0.1, 0.15) is 6.92 Å². The largest absolute Gasteiger partial charge is 0.326 e. The number of benzene rings is 1. The van der Waals surface area contributed by atoms with Crippen LogP contribution in [0.3, 0.4) is 0 Å². The fraction of sp³-hybridized carbons (Fsp3) is 0.364. The molecule has 1 amide bonds. The summed E-state index contributed by atoms with van der Waals surface area (Å²) in [6, 6.07) is 9.48. The molecule has 0 saturated carbocycles. The van der Waals surface area contributed by atoms with Crippen LogP contribution in [0, 0.1) is 5.92 Å². The lowest BCUT2D eigenvalue weighted by Crippen LogP contribution is -2.28. The Kier molecular flexibility index (Phi) is 4.13. The molecule has 14 heavy (non-hydrogen) atoms. The van der Waals surface area contributed by atoms with E-state index in [0.717, 1.165) is 5.69 Å². The van der Waals surface area contributed by atoms with Gasteiger partial charge in [0.2, 0.25) is 5.91 Å². The predicted molar refractivity (Wildman–Crippen MR) is 58.2 cm³/mol. The maximum Gasteiger partial charge on any atom is 0.228 e. The summed E-state index contributed by atoms with van der Waals surface area (Å²) in [5.74, 6) is 0.0331. The Labute approximate surface area is 84.5 Å². The van der Waals surface area contributed by atoms with Crippen molar-refractivity contribution in [2.24, 2.45) is 5.92 Å². The summed E-state index contributed by atoms with van der Waals surface area (Å²) in [5, 5.41) is 5.82. The first-order valence-corrected chi connectivity index (χ1v) is 4.74. The van der Waals surface area contributed by atoms with Gasteiger partial charge in [0.25, 0.3) is 0 Å². The van der Waals surface area contributed by atoms with E-state index in [1.807, 2.05) is 44.3 Å². The maximum atomic E-state index is 11.6. The molecule has 0 aliphatic carbocycles. The molecule has 1 aromatic carbocycles. The van der Waals surface area contributed by atoms with Gasteiger partial charge in [0.1, 0.15) is 0 Å². The van der Waals surface area contributed by atoms with Crippen LogP contribution in [0.4, 0.5) is 5.69 Å². The minimum Gasteiger partial charge on any atom is -0.326 e. The Balaban J connectivity index is 2.49. The number of carbonyl (C=O) groups is 1. The van der Waals surface area contributed by atoms with Gasteiger partial charge in [-0.25, -0.2) is 0 Å². The molecule has 0 aromatic heterocycles. The Morgan fingerprint density at radius 3 is 2.57 bits per heavy atom. The van der Waals surface area contributed by atoms with Crippen LogP contribution in [-0.4, -0.2) is 19.5 Å². The highest BCUT2D eigenvalue weighted by Gasteiger charge is 2.10. The van der Waals surface area contributed by atoms with Crippen molar-refractivity contribution in [3.05, 3.63) is 30.3 Å². The molecule has 0 spiro atoms. The normalized spacial score (nSPS) is 12.1. The third-order valence-corrected chi connectivity index (χ3v) is 2.00. The second-order valence-electron chi connectivity index (χ2n) is 3.31. The van der Waals surface area contributed by atoms with Gasteiger partial charge in [0.15, 0.2) is 0 Å². The number of nitrogens with one attached hydrogen (secondary N) is 2. The van der Waals surface area contributed by atoms with Gasteiger partial charge in [0.05, 0.1) is 0 Å². The predicted octanol–water partition coefficient (Wildman–Crippen LogP) is 1.48. The summed E-state index contributed by atoms with van der Waals surface area (Å²) < 4.78 is 0. The molecule has 3 heteroatoms. The number of hydrogen-bond donors (Lipinski definition) is 2. The zero-order valence-electron chi connectivity index (χ0n) is 8.58. The van der Waals surface area contributed by atoms with Crippen molar-refractivity contribution in [2.45, 2.75) is 6.92 Å². The molecule has 3 nitrogen and oxygen atoms in total. The molecule has 0 bridgehead atoms. The van der Waals surface area contributed by atoms with Crippen LogP contribution >= 0.6 is 0 Å². The van der Waals surface area contributed by atoms with Crippen molar-refractivity contribution in [3.8, 4) is 0 Å². The van der Waals surface area contributed by atoms with E-state index in [-0.39, 0.29) is 11.8 Å². The molecule has 1 unspecified atom stereocenters. The van der Waals surface area contributed by atoms with Crippen molar-refractivity contribution in [3.63, 3.8) is 0 Å². The van der Waals surface area contributed by atoms with Crippen molar-refractivity contribution in [2.75, 3.05) is 18.9 Å². The summed E-state index contributed by atoms with van der Waals surface area (Å²) in [4.78, 5) is 11.6. The lowest BCUT2D eigenvalue weighted by Gasteiger charge is -2.11. The molecule has 2 N–H and O–H groups in total. The van der Waals surface area contributed by atoms with Gasteiger partial charge in [-0.2, -0.15) is 0 Å². The lowest BCUT2D eigenvalue weighted by molar-refractivity contribution is -0.119. The standard InChI is InChI=1S/C11H16N2O/c1-9(8-12-2)11(14)13-10-6-4-3-5-7-10/h3-7,9,12H,8H2,1-2H3,(H,13,14). The summed E-state index contributed by atoms with van der Waals surface area (Å²) in [7, 11) is 1.84. The fourth-order valence-corrected chi connectivity index (χ4v) is 1.19. The van der Waals surface area contributed by atoms with Gasteiger partial charge in [-0.15, -0.1) is 0 Å². The van der Waals surface area contributed by atoms with Crippen LogP contribution < -0.4 is 10.6 Å². The fourth-order valence-electron chi connectivity index (χ4n) is 1.19. The van der Waals surface area contributed by atoms with Gasteiger partial charge < -0.3 is 10.6 Å². The molecule has 0 aliphatic rings. The topological polar surface area (TPSA) is 41.1 Å². The minimum atomic E-state index is -0.0137. The minimum absolute atomic E-state index is 0.0137. The molecule has 0 saturated heterocycles. The quantitative estimate of drug-likeness (QED) is 0.758. The number of anilines is 1. The summed E-state index contributed by atoms with van der Waals surface area (Å²) in [6.07, 6.45) is 0. The van der Waals surface area contributed by atoms with E-state index in [1.54, 1.807) is 0 Å². The summed E-state index contributed by atoms with van der Waals surface area (Å²) >= 11 is 0. The van der Waals surface area contributed by atoms with Crippen LogP contribution in [0.15, 0.2) is 30.3 Å². The number of amides is 1. The van der Waals surface area contributed by atoms with Gasteiger partial charge in [-0.05, 0) is 19.2 Å². The van der Waals surface area contributed by atoms with Gasteiger partial charge in [0, 0.05) is 18.2 Å². The maximum absolute atomic E-state index is 11.6. The van der Waals surface area contributed by atoms with E-state index in [4.69, 9.17) is 0 Å². The smallest absolute Gasteiger partial charge is 0.228 e. The Hall–Kier alpha value is -1.35. The SMILES string of the molecule is CNCC(C)C(=O)Nc1ccccc1. The zero-order valence-corrected chi connectivity index (χ0v) is 8.58. The van der Waals surface area contributed by atoms with Gasteiger partial charge >= 0.3 is 0 Å². The van der Waals surface area contributed by atoms with E-state index >= 15 is 0 Å². The second kappa shape index (κ2) is 5.40. The van der Waals surface area contributed by atoms with E-state index in [2.05, 4.69) is 10.6 Å². The average Bonchev–Trinajstić information content (AvgIpc) is 2.19. The van der Waals surface area contributed by atoms with Crippen LogP contribution in [-0.2, 0) is 4.79 Å². The molecule has 1 rings (SSSR count). The van der Waals surface area contributed by atoms with E-state index in [9.17, 15) is 4.79 Å². The molecule has 0 radical (unpaired) electrons. The van der Waals surface area contributed by atoms with E-state index in [1.165, 1.54) is 0 Å². The molecule has 0 fully saturated rings. The first-order chi connectivity index (χ1) is 6.74. The third kappa shape index (κ3) is 3.18. The van der Waals surface area contributed by atoms with Gasteiger partial charge in [-0.3, -0.25) is 4.79 Å². The Bertz CT molecular complexity index is 285. The number of para-hydroxylation sites is 1. The molecular formula is C11H16N2O. The Morgan fingerprint density at radius 2 is 2.00 bits per heavy atom. The molecular weight excluding hydrogens is 176 g/mol. The third-order valence-electron chi connectivity index (χ3n) is 2.00. The lowest BCUT2D eigenvalue weighted by atomic mass is 10.1. The number of carbonyl (C=O) groups excluding carboxylic acids is 1. The van der Waals surface area contributed by atoms with Crippen molar-refractivity contribution >= 4 is 11.6 Å². The van der Waals surface area contributed by atoms with Crippen LogP contribution in [0.5, 0.6) is 0 Å². The zero-order chi connectivity index (χ0) is 10.4. The van der Waals surface area contributed by atoms with Crippen LogP contribution in [0.2, 0.25) is 0 Å². The number of hydrogen-bond acceptors (Lipinski definition) is 2. The van der Waals surface area contributed by atoms with Crippen molar-refractivity contribution in [1.29, 1.82) is 0 Å². The monoisotopic (exact) mass is 192 g/mol. The second-order valence-corrected chi connectivity index (χ2v) is 3.31. The molecule has 1 atom stereocenters. The molecule has 0 aliphatic heterocycles. The molecule has 1 aromatic rings. The van der Waals surface area contributed by atoms with Crippen LogP contribution in [0.25, 0.3) is 0 Å². The van der Waals surface area contributed by atoms with Gasteiger partial charge in [-0.1, -0.05) is 25.1 Å². The number of rotatable bonds is 4. The first kappa shape index (κ1) is 10.7. The first-order valence-electron chi connectivity index (χ1n) is 4.74. The average molecular weight is 192 g/mol. The van der Waals surface area contributed by atoms with Crippen molar-refractivity contribution < 1.29 is 4.79 Å². The summed E-state index contributed by atoms with van der Waals surface area (Å²) in [6.45, 7) is 2.59. The highest BCUT2D eigenvalue weighted by atomic mass is 16.1. The Morgan fingerprint density at radius 1 is 1.36 bits per heavy atom.